The lowest BCUT2D eigenvalue weighted by Gasteiger charge is -2.27. The van der Waals surface area contributed by atoms with Gasteiger partial charge in [-0.05, 0) is 19.1 Å². The van der Waals surface area contributed by atoms with Crippen LogP contribution in [0.4, 0.5) is 13.2 Å². The first-order valence-corrected chi connectivity index (χ1v) is 6.84. The van der Waals surface area contributed by atoms with E-state index in [-0.39, 0.29) is 5.56 Å². The van der Waals surface area contributed by atoms with Gasteiger partial charge in [-0.3, -0.25) is 0 Å². The number of aliphatic hydroxyl groups is 1. The molecule has 0 heterocycles. The zero-order valence-corrected chi connectivity index (χ0v) is 12.6. The van der Waals surface area contributed by atoms with Crippen LogP contribution < -0.4 is 4.74 Å². The van der Waals surface area contributed by atoms with E-state index in [1.54, 1.807) is 30.3 Å². The molecule has 6 heteroatoms. The van der Waals surface area contributed by atoms with Crippen LogP contribution in [0.3, 0.4) is 0 Å². The molecular weight excluding hydrogens is 349 g/mol. The topological polar surface area (TPSA) is 29.5 Å². The molecule has 2 aromatic rings. The van der Waals surface area contributed by atoms with Crippen molar-refractivity contribution in [2.45, 2.75) is 18.9 Å². The predicted molar refractivity (Wildman–Crippen MR) is 75.9 cm³/mol. The van der Waals surface area contributed by atoms with Gasteiger partial charge in [0.1, 0.15) is 11.4 Å². The normalized spacial score (nSPS) is 14.6. The number of rotatable bonds is 3. The third-order valence-corrected chi connectivity index (χ3v) is 3.73. The van der Waals surface area contributed by atoms with Gasteiger partial charge in [-0.1, -0.05) is 52.3 Å². The molecule has 0 fully saturated rings. The summed E-state index contributed by atoms with van der Waals surface area (Å²) in [6.45, 7) is 1.42. The van der Waals surface area contributed by atoms with E-state index in [0.29, 0.717) is 10.0 Å². The minimum Gasteiger partial charge on any atom is -0.405 e. The molecule has 0 radical (unpaired) electrons. The highest BCUT2D eigenvalue weighted by Gasteiger charge is 2.36. The van der Waals surface area contributed by atoms with E-state index in [1.165, 1.54) is 25.1 Å². The van der Waals surface area contributed by atoms with E-state index in [0.717, 1.165) is 0 Å². The average molecular weight is 361 g/mol. The van der Waals surface area contributed by atoms with Crippen molar-refractivity contribution in [2.75, 3.05) is 0 Å². The van der Waals surface area contributed by atoms with Gasteiger partial charge in [0.15, 0.2) is 0 Å². The summed E-state index contributed by atoms with van der Waals surface area (Å²) in [5.41, 5.74) is -1.15. The van der Waals surface area contributed by atoms with Crippen LogP contribution in [0.15, 0.2) is 53.0 Å². The third kappa shape index (κ3) is 3.57. The number of para-hydroxylation sites is 1. The third-order valence-electron chi connectivity index (χ3n) is 3.04. The Hall–Kier alpha value is -1.53. The molecule has 21 heavy (non-hydrogen) atoms. The molecule has 1 unspecified atom stereocenters. The molecule has 2 nitrogen and oxygen atoms in total. The van der Waals surface area contributed by atoms with E-state index in [9.17, 15) is 18.3 Å². The van der Waals surface area contributed by atoms with Crippen molar-refractivity contribution in [3.05, 3.63) is 64.1 Å². The molecule has 0 bridgehead atoms. The molecule has 2 rings (SSSR count). The van der Waals surface area contributed by atoms with Gasteiger partial charge < -0.3 is 9.84 Å². The highest BCUT2D eigenvalue weighted by atomic mass is 79.9. The Morgan fingerprint density at radius 1 is 0.952 bits per heavy atom. The summed E-state index contributed by atoms with van der Waals surface area (Å²) in [6, 6.07) is 12.3. The number of hydrogen-bond acceptors (Lipinski definition) is 2. The van der Waals surface area contributed by atoms with Gasteiger partial charge in [-0.15, -0.1) is 13.2 Å². The standard InChI is InChI=1S/C15H12BrF3O2/c1-14(20,10-6-2-4-8-12(10)16)11-7-3-5-9-13(11)21-15(17,18)19/h2-9,20H,1H3. The maximum Gasteiger partial charge on any atom is 0.573 e. The zero-order chi connectivity index (χ0) is 15.7. The van der Waals surface area contributed by atoms with Crippen molar-refractivity contribution in [1.82, 2.24) is 0 Å². The first-order chi connectivity index (χ1) is 9.72. The number of halogens is 4. The fourth-order valence-corrected chi connectivity index (χ4v) is 2.75. The lowest BCUT2D eigenvalue weighted by molar-refractivity contribution is -0.275. The van der Waals surface area contributed by atoms with Crippen molar-refractivity contribution in [3.63, 3.8) is 0 Å². The van der Waals surface area contributed by atoms with E-state index >= 15 is 0 Å². The van der Waals surface area contributed by atoms with Gasteiger partial charge in [-0.2, -0.15) is 0 Å². The second kappa shape index (κ2) is 5.69. The largest absolute Gasteiger partial charge is 0.573 e. The summed E-state index contributed by atoms with van der Waals surface area (Å²) in [5.74, 6) is -0.425. The van der Waals surface area contributed by atoms with Crippen LogP contribution in [-0.4, -0.2) is 11.5 Å². The first-order valence-electron chi connectivity index (χ1n) is 6.04. The highest BCUT2D eigenvalue weighted by Crippen LogP contribution is 2.39. The summed E-state index contributed by atoms with van der Waals surface area (Å²) >= 11 is 3.29. The molecule has 0 saturated carbocycles. The fourth-order valence-electron chi connectivity index (χ4n) is 2.08. The Morgan fingerprint density at radius 3 is 2.05 bits per heavy atom. The molecular formula is C15H12BrF3O2. The molecule has 2 aromatic carbocycles. The smallest absolute Gasteiger partial charge is 0.405 e. The van der Waals surface area contributed by atoms with Gasteiger partial charge in [0.05, 0.1) is 0 Å². The Bertz CT molecular complexity index is 639. The molecule has 0 aliphatic rings. The molecule has 0 aromatic heterocycles. The lowest BCUT2D eigenvalue weighted by atomic mass is 9.87. The summed E-state index contributed by atoms with van der Waals surface area (Å²) in [4.78, 5) is 0. The summed E-state index contributed by atoms with van der Waals surface area (Å²) < 4.78 is 42.0. The average Bonchev–Trinajstić information content (AvgIpc) is 2.37. The summed E-state index contributed by atoms with van der Waals surface area (Å²) in [7, 11) is 0. The van der Waals surface area contributed by atoms with Crippen molar-refractivity contribution in [2.24, 2.45) is 0 Å². The van der Waals surface area contributed by atoms with Crippen molar-refractivity contribution >= 4 is 15.9 Å². The molecule has 1 atom stereocenters. The molecule has 0 aliphatic heterocycles. The van der Waals surface area contributed by atoms with Gasteiger partial charge in [0.2, 0.25) is 0 Å². The SMILES string of the molecule is CC(O)(c1ccccc1Br)c1ccccc1OC(F)(F)F. The molecule has 112 valence electrons. The Balaban J connectivity index is 2.53. The van der Waals surface area contributed by atoms with Crippen LogP contribution in [0.25, 0.3) is 0 Å². The second-order valence-electron chi connectivity index (χ2n) is 4.60. The molecule has 1 N–H and O–H groups in total. The highest BCUT2D eigenvalue weighted by molar-refractivity contribution is 9.10. The monoisotopic (exact) mass is 360 g/mol. The summed E-state index contributed by atoms with van der Waals surface area (Å²) in [5, 5.41) is 10.7. The minimum absolute atomic E-state index is 0.0363. The Morgan fingerprint density at radius 2 is 1.48 bits per heavy atom. The molecule has 0 saturated heterocycles. The Kier molecular flexibility index (Phi) is 4.30. The van der Waals surface area contributed by atoms with Crippen LogP contribution in [0.2, 0.25) is 0 Å². The Labute approximate surface area is 128 Å². The van der Waals surface area contributed by atoms with E-state index in [1.807, 2.05) is 0 Å². The first kappa shape index (κ1) is 15.9. The predicted octanol–water partition coefficient (Wildman–Crippen LogP) is 4.60. The zero-order valence-electron chi connectivity index (χ0n) is 11.0. The minimum atomic E-state index is -4.82. The molecule has 0 amide bonds. The van der Waals surface area contributed by atoms with Crippen LogP contribution in [0.1, 0.15) is 18.1 Å². The van der Waals surface area contributed by atoms with Crippen LogP contribution in [-0.2, 0) is 5.60 Å². The fraction of sp³-hybridized carbons (Fsp3) is 0.200. The van der Waals surface area contributed by atoms with Gasteiger partial charge >= 0.3 is 6.36 Å². The molecule has 0 aliphatic carbocycles. The second-order valence-corrected chi connectivity index (χ2v) is 5.45. The van der Waals surface area contributed by atoms with Crippen molar-refractivity contribution in [3.8, 4) is 5.75 Å². The van der Waals surface area contributed by atoms with Gasteiger partial charge in [0.25, 0.3) is 0 Å². The molecule has 0 spiro atoms. The van der Waals surface area contributed by atoms with E-state index < -0.39 is 17.7 Å². The maximum absolute atomic E-state index is 12.5. The number of ether oxygens (including phenoxy) is 1. The number of alkyl halides is 3. The van der Waals surface area contributed by atoms with E-state index in [4.69, 9.17) is 0 Å². The lowest BCUT2D eigenvalue weighted by Crippen LogP contribution is -2.26. The summed E-state index contributed by atoms with van der Waals surface area (Å²) in [6.07, 6.45) is -4.82. The van der Waals surface area contributed by atoms with Gasteiger partial charge in [0, 0.05) is 15.6 Å². The van der Waals surface area contributed by atoms with Crippen LogP contribution >= 0.6 is 15.9 Å². The number of benzene rings is 2. The van der Waals surface area contributed by atoms with E-state index in [2.05, 4.69) is 20.7 Å². The maximum atomic E-state index is 12.5. The number of hydrogen-bond donors (Lipinski definition) is 1. The van der Waals surface area contributed by atoms with Crippen molar-refractivity contribution in [1.29, 1.82) is 0 Å². The van der Waals surface area contributed by atoms with Crippen molar-refractivity contribution < 1.29 is 23.0 Å². The quantitative estimate of drug-likeness (QED) is 0.866. The van der Waals surface area contributed by atoms with Crippen LogP contribution in [0.5, 0.6) is 5.75 Å². The van der Waals surface area contributed by atoms with Crippen LogP contribution in [0, 0.1) is 0 Å². The van der Waals surface area contributed by atoms with Gasteiger partial charge in [-0.25, -0.2) is 0 Å².